The highest BCUT2D eigenvalue weighted by Crippen LogP contribution is 2.52. The number of ether oxygens (including phenoxy) is 1. The van der Waals surface area contributed by atoms with Crippen molar-refractivity contribution < 1.29 is 19.4 Å². The number of para-hydroxylation sites is 2. The molecule has 140 valence electrons. The van der Waals surface area contributed by atoms with Crippen LogP contribution in [0.25, 0.3) is 0 Å². The minimum atomic E-state index is -1.04. The fourth-order valence-electron chi connectivity index (χ4n) is 5.26. The van der Waals surface area contributed by atoms with Gasteiger partial charge in [-0.2, -0.15) is 0 Å². The summed E-state index contributed by atoms with van der Waals surface area (Å²) in [5, 5.41) is 11.6. The zero-order chi connectivity index (χ0) is 18.3. The summed E-state index contributed by atoms with van der Waals surface area (Å²) < 4.78 is 5.43. The number of anilines is 1. The van der Waals surface area contributed by atoms with Crippen molar-refractivity contribution in [3.8, 4) is 5.75 Å². The van der Waals surface area contributed by atoms with E-state index in [9.17, 15) is 14.7 Å². The van der Waals surface area contributed by atoms with E-state index in [4.69, 9.17) is 4.74 Å². The Morgan fingerprint density at radius 3 is 2.35 bits per heavy atom. The highest BCUT2D eigenvalue weighted by molar-refractivity contribution is 5.86. The zero-order valence-electron chi connectivity index (χ0n) is 15.1. The number of nitrogens with zero attached hydrogens (tertiary/aromatic N) is 2. The van der Waals surface area contributed by atoms with E-state index in [0.717, 1.165) is 43.8 Å². The fourth-order valence-corrected chi connectivity index (χ4v) is 5.26. The van der Waals surface area contributed by atoms with Gasteiger partial charge in [-0.15, -0.1) is 0 Å². The highest BCUT2D eigenvalue weighted by atomic mass is 16.5. The maximum Gasteiger partial charge on any atom is 0.226 e. The van der Waals surface area contributed by atoms with Crippen molar-refractivity contribution in [2.75, 3.05) is 38.2 Å². The fraction of sp³-hybridized carbons (Fsp3) is 0.600. The first-order valence-corrected chi connectivity index (χ1v) is 9.47. The zero-order valence-corrected chi connectivity index (χ0v) is 15.1. The van der Waals surface area contributed by atoms with Crippen LogP contribution in [-0.4, -0.2) is 50.1 Å². The van der Waals surface area contributed by atoms with E-state index in [1.165, 1.54) is 0 Å². The van der Waals surface area contributed by atoms with Gasteiger partial charge in [0.1, 0.15) is 5.75 Å². The standard InChI is InChI=1S/C20H26N2O4/c1-26-16-5-3-2-4-15(16)21-8-10-22(11-9-21)19(23)17-13-6-7-14(12-13)18(17)20(24)25/h2-5,13-14,17-18H,6-12H2,1H3,(H,24,25)/p-1/t13-,14+,17+,18+/m1/s1. The number of carbonyl (C=O) groups is 2. The predicted octanol–water partition coefficient (Wildman–Crippen LogP) is 0.756. The number of hydrogen-bond donors (Lipinski definition) is 0. The number of methoxy groups -OCH3 is 1. The Morgan fingerprint density at radius 1 is 1.04 bits per heavy atom. The first-order valence-electron chi connectivity index (χ1n) is 9.47. The van der Waals surface area contributed by atoms with Crippen LogP contribution in [-0.2, 0) is 9.59 Å². The normalized spacial score (nSPS) is 30.5. The molecular formula is C20H25N2O4-. The quantitative estimate of drug-likeness (QED) is 0.795. The van der Waals surface area contributed by atoms with E-state index in [1.807, 2.05) is 29.2 Å². The van der Waals surface area contributed by atoms with Gasteiger partial charge in [0.15, 0.2) is 0 Å². The molecule has 1 amide bonds. The third-order valence-corrected chi connectivity index (χ3v) is 6.49. The summed E-state index contributed by atoms with van der Waals surface area (Å²) in [5.74, 6) is -0.798. The van der Waals surface area contributed by atoms with E-state index >= 15 is 0 Å². The lowest BCUT2D eigenvalue weighted by atomic mass is 9.78. The van der Waals surface area contributed by atoms with E-state index in [0.29, 0.717) is 13.1 Å². The molecule has 4 atom stereocenters. The summed E-state index contributed by atoms with van der Waals surface area (Å²) in [7, 11) is 1.66. The molecule has 4 rings (SSSR count). The molecule has 6 nitrogen and oxygen atoms in total. The summed E-state index contributed by atoms with van der Waals surface area (Å²) in [6, 6.07) is 7.89. The lowest BCUT2D eigenvalue weighted by Crippen LogP contribution is -2.53. The molecule has 2 bridgehead atoms. The molecule has 1 heterocycles. The number of carboxylic acid groups (broad SMARTS) is 1. The molecule has 0 radical (unpaired) electrons. The van der Waals surface area contributed by atoms with Gasteiger partial charge in [-0.25, -0.2) is 0 Å². The van der Waals surface area contributed by atoms with Crippen LogP contribution in [0.3, 0.4) is 0 Å². The van der Waals surface area contributed by atoms with Crippen LogP contribution in [0.15, 0.2) is 24.3 Å². The third-order valence-electron chi connectivity index (χ3n) is 6.49. The Labute approximate surface area is 153 Å². The third kappa shape index (κ3) is 2.81. The van der Waals surface area contributed by atoms with Gasteiger partial charge in [0.05, 0.1) is 12.8 Å². The van der Waals surface area contributed by atoms with Crippen LogP contribution in [0.2, 0.25) is 0 Å². The number of rotatable bonds is 4. The second-order valence-corrected chi connectivity index (χ2v) is 7.69. The predicted molar refractivity (Wildman–Crippen MR) is 94.6 cm³/mol. The minimum Gasteiger partial charge on any atom is -0.550 e. The molecule has 3 fully saturated rings. The Bertz CT molecular complexity index is 699. The topological polar surface area (TPSA) is 72.9 Å². The lowest BCUT2D eigenvalue weighted by Gasteiger charge is -2.40. The van der Waals surface area contributed by atoms with Gasteiger partial charge >= 0.3 is 0 Å². The smallest absolute Gasteiger partial charge is 0.226 e. The number of aliphatic carboxylic acids is 1. The second kappa shape index (κ2) is 6.82. The van der Waals surface area contributed by atoms with Crippen molar-refractivity contribution in [1.82, 2.24) is 4.90 Å². The summed E-state index contributed by atoms with van der Waals surface area (Å²) in [5.41, 5.74) is 1.04. The van der Waals surface area contributed by atoms with Gasteiger partial charge in [-0.1, -0.05) is 12.1 Å². The van der Waals surface area contributed by atoms with E-state index in [1.54, 1.807) is 7.11 Å². The van der Waals surface area contributed by atoms with Gasteiger partial charge in [0, 0.05) is 44.0 Å². The Balaban J connectivity index is 1.43. The lowest BCUT2D eigenvalue weighted by molar-refractivity contribution is -0.314. The average molecular weight is 357 g/mol. The van der Waals surface area contributed by atoms with Crippen LogP contribution in [0, 0.1) is 23.7 Å². The number of carboxylic acids is 1. The molecule has 26 heavy (non-hydrogen) atoms. The summed E-state index contributed by atoms with van der Waals surface area (Å²) >= 11 is 0. The minimum absolute atomic E-state index is 0.0195. The Hall–Kier alpha value is -2.24. The van der Waals surface area contributed by atoms with Crippen LogP contribution in [0.4, 0.5) is 5.69 Å². The van der Waals surface area contributed by atoms with Crippen molar-refractivity contribution in [2.24, 2.45) is 23.7 Å². The second-order valence-electron chi connectivity index (χ2n) is 7.69. The first-order chi connectivity index (χ1) is 12.6. The molecule has 0 aromatic heterocycles. The van der Waals surface area contributed by atoms with E-state index < -0.39 is 11.9 Å². The summed E-state index contributed by atoms with van der Waals surface area (Å²) in [6.45, 7) is 2.68. The Morgan fingerprint density at radius 2 is 1.69 bits per heavy atom. The van der Waals surface area contributed by atoms with Crippen LogP contribution in [0.1, 0.15) is 19.3 Å². The number of piperazine rings is 1. The molecule has 0 N–H and O–H groups in total. The molecule has 0 unspecified atom stereocenters. The van der Waals surface area contributed by atoms with Gasteiger partial charge in [-0.05, 0) is 43.2 Å². The molecule has 3 aliphatic rings. The molecule has 1 saturated heterocycles. The number of benzene rings is 1. The SMILES string of the molecule is COc1ccccc1N1CCN(C(=O)[C@H]2[C@@H]3CC[C@@H](C3)[C@@H]2C(=O)[O-])CC1. The van der Waals surface area contributed by atoms with Crippen molar-refractivity contribution in [3.63, 3.8) is 0 Å². The monoisotopic (exact) mass is 357 g/mol. The maximum atomic E-state index is 13.1. The van der Waals surface area contributed by atoms with Gasteiger partial charge < -0.3 is 24.4 Å². The molecule has 1 aromatic rings. The molecular weight excluding hydrogens is 332 g/mol. The number of amides is 1. The maximum absolute atomic E-state index is 13.1. The first kappa shape index (κ1) is 17.2. The number of fused-ring (bicyclic) bond motifs is 2. The van der Waals surface area contributed by atoms with Crippen LogP contribution >= 0.6 is 0 Å². The molecule has 6 heteroatoms. The Kier molecular flexibility index (Phi) is 4.51. The highest BCUT2D eigenvalue weighted by Gasteiger charge is 2.52. The van der Waals surface area contributed by atoms with Crippen molar-refractivity contribution >= 4 is 17.6 Å². The van der Waals surface area contributed by atoms with Crippen molar-refractivity contribution in [1.29, 1.82) is 0 Å². The van der Waals surface area contributed by atoms with Crippen molar-refractivity contribution in [2.45, 2.75) is 19.3 Å². The van der Waals surface area contributed by atoms with E-state index in [2.05, 4.69) is 4.90 Å². The summed E-state index contributed by atoms with van der Waals surface area (Å²) in [4.78, 5) is 28.7. The van der Waals surface area contributed by atoms with Gasteiger partial charge in [0.2, 0.25) is 5.91 Å². The van der Waals surface area contributed by atoms with Crippen molar-refractivity contribution in [3.05, 3.63) is 24.3 Å². The van der Waals surface area contributed by atoms with Gasteiger partial charge in [-0.3, -0.25) is 4.79 Å². The van der Waals surface area contributed by atoms with E-state index in [-0.39, 0.29) is 23.7 Å². The van der Waals surface area contributed by atoms with Gasteiger partial charge in [0.25, 0.3) is 0 Å². The molecule has 2 saturated carbocycles. The average Bonchev–Trinajstić information content (AvgIpc) is 3.29. The number of hydrogen-bond acceptors (Lipinski definition) is 5. The summed E-state index contributed by atoms with van der Waals surface area (Å²) in [6.07, 6.45) is 2.77. The molecule has 0 spiro atoms. The molecule has 1 aromatic carbocycles. The van der Waals surface area contributed by atoms with Crippen LogP contribution in [0.5, 0.6) is 5.75 Å². The van der Waals surface area contributed by atoms with Crippen LogP contribution < -0.4 is 14.7 Å². The molecule has 1 aliphatic heterocycles. The largest absolute Gasteiger partial charge is 0.550 e. The molecule has 2 aliphatic carbocycles. The number of carbonyl (C=O) groups excluding carboxylic acids is 2.